The molecule has 6 N–H and O–H groups in total. The fourth-order valence-electron chi connectivity index (χ4n) is 1.81. The number of nitrogens with zero attached hydrogens (tertiary/aromatic N) is 4. The molecule has 2 aromatic rings. The summed E-state index contributed by atoms with van der Waals surface area (Å²) >= 11 is 0. The van der Waals surface area contributed by atoms with E-state index in [0.717, 1.165) is 12.7 Å². The predicted molar refractivity (Wildman–Crippen MR) is 63.9 cm³/mol. The quantitative estimate of drug-likeness (QED) is 0.397. The number of ether oxygens (including phenoxy) is 1. The van der Waals surface area contributed by atoms with E-state index < -0.39 is 30.8 Å². The average Bonchev–Trinajstić information content (AvgIpc) is 2.95. The summed E-state index contributed by atoms with van der Waals surface area (Å²) in [6, 6.07) is 0. The van der Waals surface area contributed by atoms with Crippen LogP contribution in [0.2, 0.25) is 0 Å². The number of hydrogen-bond acceptors (Lipinski definition) is 9. The number of aromatic nitrogens is 4. The summed E-state index contributed by atoms with van der Waals surface area (Å²) in [5.41, 5.74) is 5.47. The maximum atomic E-state index is 10.2. The Morgan fingerprint density at radius 3 is 2.85 bits per heavy atom. The van der Waals surface area contributed by atoms with Crippen LogP contribution in [0.15, 0.2) is 12.7 Å². The number of anilines is 1. The second-order valence-electron chi connectivity index (χ2n) is 4.09. The van der Waals surface area contributed by atoms with Crippen molar-refractivity contribution in [1.29, 1.82) is 0 Å². The van der Waals surface area contributed by atoms with Crippen LogP contribution in [-0.2, 0) is 4.74 Å². The second kappa shape index (κ2) is 4.33. The highest BCUT2D eigenvalue weighted by Gasteiger charge is 2.54. The third-order valence-corrected chi connectivity index (χ3v) is 2.86. The van der Waals surface area contributed by atoms with E-state index in [1.54, 1.807) is 0 Å². The second-order valence-corrected chi connectivity index (χ2v) is 4.09. The van der Waals surface area contributed by atoms with Gasteiger partial charge in [0.15, 0.2) is 17.7 Å². The number of imidazole rings is 1. The van der Waals surface area contributed by atoms with Crippen molar-refractivity contribution < 1.29 is 29.3 Å². The Kier molecular flexibility index (Phi) is 2.16. The summed E-state index contributed by atoms with van der Waals surface area (Å²) in [6.07, 6.45) is -7.89. The first kappa shape index (κ1) is 9.96. The van der Waals surface area contributed by atoms with E-state index in [-0.39, 0.29) is 17.0 Å². The molecule has 0 aliphatic carbocycles. The first-order valence-corrected chi connectivity index (χ1v) is 5.44. The molecule has 1 saturated heterocycles. The third kappa shape index (κ3) is 1.67. The molecule has 0 radical (unpaired) electrons. The molecule has 108 valence electrons. The van der Waals surface area contributed by atoms with Crippen LogP contribution < -0.4 is 5.73 Å². The number of nitrogen functional groups attached to an aromatic ring is 1. The fraction of sp³-hybridized carbons (Fsp3) is 0.500. The van der Waals surface area contributed by atoms with Crippen LogP contribution in [0, 0.1) is 0 Å². The Morgan fingerprint density at radius 1 is 1.45 bits per heavy atom. The molecule has 4 atom stereocenters. The highest BCUT2D eigenvalue weighted by molar-refractivity contribution is 5.81. The predicted octanol–water partition coefficient (Wildman–Crippen LogP) is -2.66. The van der Waals surface area contributed by atoms with E-state index in [1.807, 2.05) is 0 Å². The van der Waals surface area contributed by atoms with Gasteiger partial charge in [-0.3, -0.25) is 4.57 Å². The number of aliphatic hydroxyl groups is 4. The molecule has 0 saturated carbocycles. The SMILES string of the molecule is [2H][C@]1(O)[C@@]([2H])(O)[C@]([2H])(n2cnc3c(N)ncnc32)O[C@]1(O)CO. The van der Waals surface area contributed by atoms with Crippen molar-refractivity contribution in [3.63, 3.8) is 0 Å². The van der Waals surface area contributed by atoms with Crippen LogP contribution in [0.1, 0.15) is 10.3 Å². The molecule has 10 heteroatoms. The van der Waals surface area contributed by atoms with Crippen LogP contribution in [0.5, 0.6) is 0 Å². The van der Waals surface area contributed by atoms with Crippen LogP contribution >= 0.6 is 0 Å². The largest absolute Gasteiger partial charge is 0.391 e. The van der Waals surface area contributed by atoms with E-state index in [0.29, 0.717) is 4.57 Å². The zero-order valence-corrected chi connectivity index (χ0v) is 9.93. The molecule has 3 rings (SSSR count). The first-order chi connectivity index (χ1) is 10.5. The van der Waals surface area contributed by atoms with E-state index >= 15 is 0 Å². The van der Waals surface area contributed by atoms with Crippen molar-refractivity contribution in [2.24, 2.45) is 0 Å². The van der Waals surface area contributed by atoms with Gasteiger partial charge in [0.2, 0.25) is 5.79 Å². The van der Waals surface area contributed by atoms with Gasteiger partial charge in [0.05, 0.1) is 17.0 Å². The maximum Gasteiger partial charge on any atom is 0.220 e. The van der Waals surface area contributed by atoms with Gasteiger partial charge < -0.3 is 30.9 Å². The Balaban J connectivity index is 2.27. The van der Waals surface area contributed by atoms with Crippen molar-refractivity contribution in [2.45, 2.75) is 24.2 Å². The van der Waals surface area contributed by atoms with Crippen molar-refractivity contribution in [3.8, 4) is 0 Å². The summed E-state index contributed by atoms with van der Waals surface area (Å²) in [6.45, 7) is -1.35. The molecule has 10 nitrogen and oxygen atoms in total. The molecule has 3 heterocycles. The minimum atomic E-state index is -3.45. The lowest BCUT2D eigenvalue weighted by Gasteiger charge is -2.22. The van der Waals surface area contributed by atoms with Crippen molar-refractivity contribution in [1.82, 2.24) is 19.5 Å². The van der Waals surface area contributed by atoms with Gasteiger partial charge >= 0.3 is 0 Å². The standard InChI is InChI=1S/C10H13N5O5/c11-7-4-8(13-2-12-7)15(3-14-4)9-5(17)6(18)10(19,1-16)20-9/h2-3,5-6,9,16-19H,1H2,(H2,11,12,13)/t5-,6+,9-,10-/m1/s1/i5D,6D,9D. The normalized spacial score (nSPS) is 47.1. The van der Waals surface area contributed by atoms with Crippen LogP contribution in [0.4, 0.5) is 5.82 Å². The van der Waals surface area contributed by atoms with Gasteiger partial charge in [-0.1, -0.05) is 0 Å². The number of nitrogens with two attached hydrogens (primary N) is 1. The molecule has 1 fully saturated rings. The number of fused-ring (bicyclic) bond motifs is 1. The minimum absolute atomic E-state index is 0.0199. The van der Waals surface area contributed by atoms with E-state index in [4.69, 9.17) is 14.6 Å². The van der Waals surface area contributed by atoms with Gasteiger partial charge in [-0.15, -0.1) is 0 Å². The summed E-state index contributed by atoms with van der Waals surface area (Å²) < 4.78 is 29.2. The molecule has 2 aromatic heterocycles. The van der Waals surface area contributed by atoms with Gasteiger partial charge in [0.25, 0.3) is 0 Å². The summed E-state index contributed by atoms with van der Waals surface area (Å²) in [5, 5.41) is 39.4. The average molecular weight is 286 g/mol. The highest BCUT2D eigenvalue weighted by atomic mass is 16.7. The Bertz CT molecular complexity index is 785. The minimum Gasteiger partial charge on any atom is -0.391 e. The molecule has 0 unspecified atom stereocenters. The Morgan fingerprint density at radius 2 is 2.20 bits per heavy atom. The first-order valence-electron chi connectivity index (χ1n) is 6.94. The smallest absolute Gasteiger partial charge is 0.220 e. The molecule has 0 aromatic carbocycles. The summed E-state index contributed by atoms with van der Waals surface area (Å²) in [7, 11) is 0. The van der Waals surface area contributed by atoms with Gasteiger partial charge in [0.1, 0.15) is 24.0 Å². The highest BCUT2D eigenvalue weighted by Crippen LogP contribution is 2.36. The molecular weight excluding hydrogens is 270 g/mol. The van der Waals surface area contributed by atoms with E-state index in [1.165, 1.54) is 0 Å². The lowest BCUT2D eigenvalue weighted by molar-refractivity contribution is -0.254. The van der Waals surface area contributed by atoms with Gasteiger partial charge in [-0.2, -0.15) is 0 Å². The molecule has 0 amide bonds. The Labute approximate surface area is 116 Å². The third-order valence-electron chi connectivity index (χ3n) is 2.86. The number of aliphatic hydroxyl groups excluding tert-OH is 1. The summed E-state index contributed by atoms with van der Waals surface area (Å²) in [4.78, 5) is 11.3. The summed E-state index contributed by atoms with van der Waals surface area (Å²) in [5.74, 6) is -3.15. The maximum absolute atomic E-state index is 10.2. The van der Waals surface area contributed by atoms with Crippen LogP contribution in [0.25, 0.3) is 11.2 Å². The van der Waals surface area contributed by atoms with E-state index in [9.17, 15) is 20.4 Å². The lowest BCUT2D eigenvalue weighted by atomic mass is 10.1. The molecule has 0 bridgehead atoms. The molecule has 0 spiro atoms. The number of hydrogen-bond donors (Lipinski definition) is 5. The molecular formula is C10H13N5O5. The van der Waals surface area contributed by atoms with Crippen molar-refractivity contribution in [3.05, 3.63) is 12.7 Å². The molecule has 1 aliphatic heterocycles. The van der Waals surface area contributed by atoms with Gasteiger partial charge in [-0.25, -0.2) is 15.0 Å². The Hall–Kier alpha value is -1.85. The molecule has 20 heavy (non-hydrogen) atoms. The van der Waals surface area contributed by atoms with Crippen LogP contribution in [-0.4, -0.2) is 64.5 Å². The fourth-order valence-corrected chi connectivity index (χ4v) is 1.81. The van der Waals surface area contributed by atoms with Crippen molar-refractivity contribution >= 4 is 17.0 Å². The topological polar surface area (TPSA) is 160 Å². The zero-order chi connectivity index (χ0) is 17.3. The molecule has 1 aliphatic rings. The van der Waals surface area contributed by atoms with Gasteiger partial charge in [0, 0.05) is 0 Å². The zero-order valence-electron chi connectivity index (χ0n) is 12.9. The van der Waals surface area contributed by atoms with Crippen LogP contribution in [0.3, 0.4) is 0 Å². The lowest BCUT2D eigenvalue weighted by Crippen LogP contribution is -2.46. The van der Waals surface area contributed by atoms with Gasteiger partial charge in [-0.05, 0) is 0 Å². The monoisotopic (exact) mass is 286 g/mol. The van der Waals surface area contributed by atoms with Crippen molar-refractivity contribution in [2.75, 3.05) is 12.3 Å². The van der Waals surface area contributed by atoms with E-state index in [2.05, 4.69) is 15.0 Å². The number of rotatable bonds is 2.